The van der Waals surface area contributed by atoms with Crippen LogP contribution in [0.4, 0.5) is 0 Å². The molecule has 2 rings (SSSR count). The normalized spacial score (nSPS) is 38.2. The largest absolute Gasteiger partial charge is 0.391 e. The SMILES string of the molecule is CC(O)C(C)(C)NC(=O)C1C2CCC(C2)C1N. The fraction of sp³-hybridized carbons (Fsp3) is 0.923. The number of amides is 1. The molecule has 98 valence electrons. The van der Waals surface area contributed by atoms with E-state index in [9.17, 15) is 9.90 Å². The highest BCUT2D eigenvalue weighted by atomic mass is 16.3. The Bertz CT molecular complexity index is 313. The second-order valence-electron chi connectivity index (χ2n) is 6.32. The zero-order valence-corrected chi connectivity index (χ0v) is 10.9. The number of hydrogen-bond donors (Lipinski definition) is 3. The lowest BCUT2D eigenvalue weighted by atomic mass is 9.83. The molecule has 0 aromatic heterocycles. The van der Waals surface area contributed by atoms with Gasteiger partial charge in [0.1, 0.15) is 0 Å². The zero-order chi connectivity index (χ0) is 12.8. The van der Waals surface area contributed by atoms with Crippen molar-refractivity contribution < 1.29 is 9.90 Å². The molecule has 0 aromatic carbocycles. The molecule has 2 aliphatic carbocycles. The third kappa shape index (κ3) is 2.20. The Hall–Kier alpha value is -0.610. The Morgan fingerprint density at radius 1 is 1.41 bits per heavy atom. The molecule has 0 radical (unpaired) electrons. The summed E-state index contributed by atoms with van der Waals surface area (Å²) in [5.74, 6) is 0.965. The Kier molecular flexibility index (Phi) is 3.21. The molecule has 4 N–H and O–H groups in total. The van der Waals surface area contributed by atoms with Crippen LogP contribution in [0, 0.1) is 17.8 Å². The number of rotatable bonds is 3. The Morgan fingerprint density at radius 2 is 2.00 bits per heavy atom. The van der Waals surface area contributed by atoms with Crippen LogP contribution >= 0.6 is 0 Å². The van der Waals surface area contributed by atoms with Gasteiger partial charge in [-0.25, -0.2) is 0 Å². The van der Waals surface area contributed by atoms with Crippen LogP contribution in [0.2, 0.25) is 0 Å². The number of carbonyl (C=O) groups excluding carboxylic acids is 1. The number of nitrogens with two attached hydrogens (primary N) is 1. The third-order valence-corrected chi connectivity index (χ3v) is 4.77. The average molecular weight is 240 g/mol. The van der Waals surface area contributed by atoms with Crippen LogP contribution in [-0.4, -0.2) is 28.7 Å². The van der Waals surface area contributed by atoms with Gasteiger partial charge in [0.25, 0.3) is 0 Å². The van der Waals surface area contributed by atoms with Gasteiger partial charge in [-0.05, 0) is 51.9 Å². The highest BCUT2D eigenvalue weighted by Gasteiger charge is 2.49. The van der Waals surface area contributed by atoms with Crippen LogP contribution in [0.25, 0.3) is 0 Å². The van der Waals surface area contributed by atoms with E-state index in [2.05, 4.69) is 5.32 Å². The van der Waals surface area contributed by atoms with Crippen molar-refractivity contribution >= 4 is 5.91 Å². The molecule has 4 nitrogen and oxygen atoms in total. The number of fused-ring (bicyclic) bond motifs is 2. The molecule has 2 bridgehead atoms. The summed E-state index contributed by atoms with van der Waals surface area (Å²) in [5, 5.41) is 12.6. The van der Waals surface area contributed by atoms with E-state index < -0.39 is 11.6 Å². The molecule has 0 heterocycles. The van der Waals surface area contributed by atoms with Gasteiger partial charge < -0.3 is 16.2 Å². The first-order valence-electron chi connectivity index (χ1n) is 6.58. The highest BCUT2D eigenvalue weighted by Crippen LogP contribution is 2.47. The van der Waals surface area contributed by atoms with E-state index in [-0.39, 0.29) is 17.9 Å². The first-order valence-corrected chi connectivity index (χ1v) is 6.58. The molecule has 17 heavy (non-hydrogen) atoms. The van der Waals surface area contributed by atoms with Gasteiger partial charge >= 0.3 is 0 Å². The molecule has 0 saturated heterocycles. The average Bonchev–Trinajstić information content (AvgIpc) is 2.76. The van der Waals surface area contributed by atoms with Crippen molar-refractivity contribution in [1.29, 1.82) is 0 Å². The van der Waals surface area contributed by atoms with Gasteiger partial charge in [-0.3, -0.25) is 4.79 Å². The fourth-order valence-corrected chi connectivity index (χ4v) is 3.23. The minimum Gasteiger partial charge on any atom is -0.391 e. The fourth-order valence-electron chi connectivity index (χ4n) is 3.23. The third-order valence-electron chi connectivity index (χ3n) is 4.77. The van der Waals surface area contributed by atoms with Gasteiger partial charge in [0.2, 0.25) is 5.91 Å². The van der Waals surface area contributed by atoms with Gasteiger partial charge in [0, 0.05) is 6.04 Å². The monoisotopic (exact) mass is 240 g/mol. The van der Waals surface area contributed by atoms with Gasteiger partial charge in [0.05, 0.1) is 17.6 Å². The number of aliphatic hydroxyl groups is 1. The first kappa shape index (κ1) is 12.8. The van der Waals surface area contributed by atoms with Crippen LogP contribution in [0.3, 0.4) is 0 Å². The molecule has 0 spiro atoms. The van der Waals surface area contributed by atoms with E-state index in [4.69, 9.17) is 5.73 Å². The predicted octanol–water partition coefficient (Wildman–Crippen LogP) is 0.635. The summed E-state index contributed by atoms with van der Waals surface area (Å²) in [6.07, 6.45) is 2.84. The molecule has 4 heteroatoms. The number of hydrogen-bond acceptors (Lipinski definition) is 3. The predicted molar refractivity (Wildman–Crippen MR) is 66.2 cm³/mol. The van der Waals surface area contributed by atoms with E-state index in [0.29, 0.717) is 11.8 Å². The summed E-state index contributed by atoms with van der Waals surface area (Å²) in [7, 11) is 0. The van der Waals surface area contributed by atoms with E-state index in [1.807, 2.05) is 13.8 Å². The summed E-state index contributed by atoms with van der Waals surface area (Å²) in [5.41, 5.74) is 5.55. The zero-order valence-electron chi connectivity index (χ0n) is 10.9. The molecule has 5 atom stereocenters. The number of carbonyl (C=O) groups is 1. The molecule has 2 saturated carbocycles. The molecule has 2 aliphatic rings. The van der Waals surface area contributed by atoms with Gasteiger partial charge in [0.15, 0.2) is 0 Å². The summed E-state index contributed by atoms with van der Waals surface area (Å²) in [6.45, 7) is 5.38. The quantitative estimate of drug-likeness (QED) is 0.677. The van der Waals surface area contributed by atoms with Crippen molar-refractivity contribution in [3.63, 3.8) is 0 Å². The first-order chi connectivity index (χ1) is 7.83. The lowest BCUT2D eigenvalue weighted by Gasteiger charge is -2.34. The maximum atomic E-state index is 12.3. The standard InChI is InChI=1S/C13H24N2O2/c1-7(16)13(2,3)15-12(17)10-8-4-5-9(6-8)11(10)14/h7-11,16H,4-6,14H2,1-3H3,(H,15,17). The van der Waals surface area contributed by atoms with Crippen molar-refractivity contribution in [2.24, 2.45) is 23.5 Å². The van der Waals surface area contributed by atoms with Crippen LogP contribution in [0.5, 0.6) is 0 Å². The Balaban J connectivity index is 2.02. The maximum Gasteiger partial charge on any atom is 0.225 e. The minimum absolute atomic E-state index is 0.0125. The smallest absolute Gasteiger partial charge is 0.225 e. The lowest BCUT2D eigenvalue weighted by molar-refractivity contribution is -0.130. The number of nitrogens with one attached hydrogen (secondary N) is 1. The molecular formula is C13H24N2O2. The van der Waals surface area contributed by atoms with Crippen molar-refractivity contribution in [3.8, 4) is 0 Å². The Labute approximate surface area is 103 Å². The molecule has 2 fully saturated rings. The summed E-state index contributed by atoms with van der Waals surface area (Å²) >= 11 is 0. The minimum atomic E-state index is -0.585. The van der Waals surface area contributed by atoms with E-state index in [1.54, 1.807) is 6.92 Å². The van der Waals surface area contributed by atoms with Crippen molar-refractivity contribution in [2.45, 2.75) is 57.7 Å². The van der Waals surface area contributed by atoms with Crippen LogP contribution < -0.4 is 11.1 Å². The maximum absolute atomic E-state index is 12.3. The van der Waals surface area contributed by atoms with Gasteiger partial charge in [-0.2, -0.15) is 0 Å². The van der Waals surface area contributed by atoms with E-state index in [1.165, 1.54) is 6.42 Å². The number of aliphatic hydroxyl groups excluding tert-OH is 1. The molecule has 0 aliphatic heterocycles. The van der Waals surface area contributed by atoms with Crippen LogP contribution in [0.15, 0.2) is 0 Å². The molecule has 5 unspecified atom stereocenters. The van der Waals surface area contributed by atoms with Gasteiger partial charge in [-0.1, -0.05) is 0 Å². The Morgan fingerprint density at radius 3 is 2.47 bits per heavy atom. The molecule has 0 aromatic rings. The van der Waals surface area contributed by atoms with Crippen LogP contribution in [0.1, 0.15) is 40.0 Å². The highest BCUT2D eigenvalue weighted by molar-refractivity contribution is 5.81. The summed E-state index contributed by atoms with van der Waals surface area (Å²) < 4.78 is 0. The molecular weight excluding hydrogens is 216 g/mol. The van der Waals surface area contributed by atoms with Gasteiger partial charge in [-0.15, -0.1) is 0 Å². The van der Waals surface area contributed by atoms with Crippen molar-refractivity contribution in [1.82, 2.24) is 5.32 Å². The van der Waals surface area contributed by atoms with Crippen LogP contribution in [-0.2, 0) is 4.79 Å². The molecule has 1 amide bonds. The summed E-state index contributed by atoms with van der Waals surface area (Å²) in [4.78, 5) is 12.3. The summed E-state index contributed by atoms with van der Waals surface area (Å²) in [6, 6.07) is 0.0125. The lowest BCUT2D eigenvalue weighted by Crippen LogP contribution is -2.55. The topological polar surface area (TPSA) is 75.3 Å². The van der Waals surface area contributed by atoms with E-state index in [0.717, 1.165) is 12.8 Å². The van der Waals surface area contributed by atoms with Crippen molar-refractivity contribution in [3.05, 3.63) is 0 Å². The second-order valence-corrected chi connectivity index (χ2v) is 6.32. The van der Waals surface area contributed by atoms with Crippen molar-refractivity contribution in [2.75, 3.05) is 0 Å². The van der Waals surface area contributed by atoms with E-state index >= 15 is 0 Å². The second kappa shape index (κ2) is 4.25.